The predicted molar refractivity (Wildman–Crippen MR) is 71.4 cm³/mol. The molecule has 0 radical (unpaired) electrons. The molecular formula is C12H14N4OS. The summed E-state index contributed by atoms with van der Waals surface area (Å²) in [6.45, 7) is 1.89. The molecule has 1 heterocycles. The maximum atomic E-state index is 11.0. The molecule has 18 heavy (non-hydrogen) atoms. The fraction of sp³-hybridized carbons (Fsp3) is 0.250. The molecule has 1 aromatic carbocycles. The lowest BCUT2D eigenvalue weighted by molar-refractivity contribution is -0.118. The highest BCUT2D eigenvalue weighted by Crippen LogP contribution is 2.22. The quantitative estimate of drug-likeness (QED) is 0.828. The summed E-state index contributed by atoms with van der Waals surface area (Å²) in [7, 11) is 0. The summed E-state index contributed by atoms with van der Waals surface area (Å²) in [5, 5.41) is 6.96. The van der Waals surface area contributed by atoms with Crippen molar-refractivity contribution in [3.05, 3.63) is 35.1 Å². The summed E-state index contributed by atoms with van der Waals surface area (Å²) in [5.74, 6) is 0.360. The van der Waals surface area contributed by atoms with Gasteiger partial charge in [0.15, 0.2) is 10.6 Å². The number of primary amides is 1. The van der Waals surface area contributed by atoms with Gasteiger partial charge in [0.25, 0.3) is 0 Å². The molecule has 0 aliphatic rings. The molecule has 2 rings (SSSR count). The molecule has 1 unspecified atom stereocenters. The van der Waals surface area contributed by atoms with Crippen LogP contribution >= 0.6 is 12.2 Å². The Labute approximate surface area is 110 Å². The van der Waals surface area contributed by atoms with E-state index in [9.17, 15) is 4.79 Å². The van der Waals surface area contributed by atoms with Gasteiger partial charge in [0.2, 0.25) is 5.91 Å². The van der Waals surface area contributed by atoms with E-state index in [0.717, 1.165) is 5.56 Å². The van der Waals surface area contributed by atoms with E-state index >= 15 is 0 Å². The molecule has 1 aromatic heterocycles. The number of carbonyl (C=O) groups is 1. The van der Waals surface area contributed by atoms with Crippen molar-refractivity contribution in [2.75, 3.05) is 0 Å². The summed E-state index contributed by atoms with van der Waals surface area (Å²) in [5.41, 5.74) is 6.17. The number of hydrogen-bond acceptors (Lipinski definition) is 3. The Morgan fingerprint density at radius 1 is 1.50 bits per heavy atom. The van der Waals surface area contributed by atoms with Gasteiger partial charge in [-0.05, 0) is 19.1 Å². The number of rotatable bonds is 4. The van der Waals surface area contributed by atoms with Crippen LogP contribution in [-0.2, 0) is 4.79 Å². The first-order chi connectivity index (χ1) is 8.59. The van der Waals surface area contributed by atoms with Crippen LogP contribution in [0.1, 0.15) is 19.4 Å². The second-order valence-electron chi connectivity index (χ2n) is 4.11. The Bertz CT molecular complexity index is 602. The number of amides is 1. The molecule has 0 aliphatic heterocycles. The molecular weight excluding hydrogens is 248 g/mol. The van der Waals surface area contributed by atoms with Crippen LogP contribution in [0.5, 0.6) is 0 Å². The second-order valence-corrected chi connectivity index (χ2v) is 4.49. The molecule has 6 heteroatoms. The number of nitrogens with zero attached hydrogens (tertiary/aromatic N) is 2. The van der Waals surface area contributed by atoms with Crippen LogP contribution in [0.3, 0.4) is 0 Å². The third-order valence-electron chi connectivity index (χ3n) is 2.67. The highest BCUT2D eigenvalue weighted by molar-refractivity contribution is 7.71. The fourth-order valence-electron chi connectivity index (χ4n) is 1.89. The SMILES string of the molecule is CC(CC(N)=O)n1c(-c2ccccc2)n[nH]c1=S. The van der Waals surface area contributed by atoms with Crippen molar-refractivity contribution in [2.45, 2.75) is 19.4 Å². The topological polar surface area (TPSA) is 76.7 Å². The van der Waals surface area contributed by atoms with E-state index in [-0.39, 0.29) is 18.4 Å². The summed E-state index contributed by atoms with van der Waals surface area (Å²) in [6, 6.07) is 9.55. The van der Waals surface area contributed by atoms with E-state index in [1.165, 1.54) is 0 Å². The highest BCUT2D eigenvalue weighted by atomic mass is 32.1. The van der Waals surface area contributed by atoms with Gasteiger partial charge in [-0.25, -0.2) is 0 Å². The molecule has 3 N–H and O–H groups in total. The number of nitrogens with two attached hydrogens (primary N) is 1. The molecule has 2 aromatic rings. The van der Waals surface area contributed by atoms with E-state index in [4.69, 9.17) is 18.0 Å². The number of aromatic amines is 1. The first-order valence-corrected chi connectivity index (χ1v) is 6.01. The molecule has 5 nitrogen and oxygen atoms in total. The van der Waals surface area contributed by atoms with Gasteiger partial charge in [-0.2, -0.15) is 5.10 Å². The minimum absolute atomic E-state index is 0.121. The van der Waals surface area contributed by atoms with Crippen LogP contribution in [0.2, 0.25) is 0 Å². The smallest absolute Gasteiger partial charge is 0.219 e. The van der Waals surface area contributed by atoms with E-state index in [1.807, 2.05) is 41.8 Å². The Hall–Kier alpha value is -1.95. The van der Waals surface area contributed by atoms with Gasteiger partial charge in [-0.15, -0.1) is 0 Å². The number of benzene rings is 1. The van der Waals surface area contributed by atoms with Crippen molar-refractivity contribution in [3.63, 3.8) is 0 Å². The van der Waals surface area contributed by atoms with Crippen molar-refractivity contribution in [3.8, 4) is 11.4 Å². The van der Waals surface area contributed by atoms with E-state index in [0.29, 0.717) is 10.6 Å². The summed E-state index contributed by atoms with van der Waals surface area (Å²) in [6.07, 6.45) is 0.230. The number of hydrogen-bond donors (Lipinski definition) is 2. The first-order valence-electron chi connectivity index (χ1n) is 5.60. The number of H-pyrrole nitrogens is 1. The van der Waals surface area contributed by atoms with Gasteiger partial charge in [-0.3, -0.25) is 14.5 Å². The number of carbonyl (C=O) groups excluding carboxylic acids is 1. The molecule has 0 aliphatic carbocycles. The van der Waals surface area contributed by atoms with Crippen molar-refractivity contribution >= 4 is 18.1 Å². The molecule has 0 spiro atoms. The molecule has 0 saturated carbocycles. The zero-order chi connectivity index (χ0) is 13.1. The van der Waals surface area contributed by atoms with Crippen LogP contribution in [0.15, 0.2) is 30.3 Å². The third kappa shape index (κ3) is 2.48. The lowest BCUT2D eigenvalue weighted by Gasteiger charge is -2.13. The molecule has 1 atom stereocenters. The van der Waals surface area contributed by atoms with Crippen LogP contribution in [-0.4, -0.2) is 20.7 Å². The fourth-order valence-corrected chi connectivity index (χ4v) is 2.20. The largest absolute Gasteiger partial charge is 0.370 e. The lowest BCUT2D eigenvalue weighted by atomic mass is 10.2. The van der Waals surface area contributed by atoms with Gasteiger partial charge in [0.1, 0.15) is 0 Å². The van der Waals surface area contributed by atoms with Crippen molar-refractivity contribution in [2.24, 2.45) is 5.73 Å². The molecule has 0 saturated heterocycles. The minimum Gasteiger partial charge on any atom is -0.370 e. The summed E-state index contributed by atoms with van der Waals surface area (Å²) >= 11 is 5.19. The van der Waals surface area contributed by atoms with Crippen LogP contribution in [0.25, 0.3) is 11.4 Å². The molecule has 94 valence electrons. The van der Waals surface area contributed by atoms with Crippen LogP contribution in [0.4, 0.5) is 0 Å². The zero-order valence-corrected chi connectivity index (χ0v) is 10.8. The Morgan fingerprint density at radius 2 is 2.17 bits per heavy atom. The van der Waals surface area contributed by atoms with Gasteiger partial charge in [0, 0.05) is 18.0 Å². The standard InChI is InChI=1S/C12H14N4OS/c1-8(7-10(13)17)16-11(14-15-12(16)18)9-5-3-2-4-6-9/h2-6,8H,7H2,1H3,(H2,13,17)(H,15,18). The average Bonchev–Trinajstić information content (AvgIpc) is 2.71. The predicted octanol–water partition coefficient (Wildman–Crippen LogP) is 2.04. The van der Waals surface area contributed by atoms with Crippen LogP contribution in [0, 0.1) is 4.77 Å². The van der Waals surface area contributed by atoms with E-state index < -0.39 is 0 Å². The zero-order valence-electron chi connectivity index (χ0n) is 9.96. The Balaban J connectivity index is 2.45. The monoisotopic (exact) mass is 262 g/mol. The first kappa shape index (κ1) is 12.5. The van der Waals surface area contributed by atoms with Crippen molar-refractivity contribution in [1.82, 2.24) is 14.8 Å². The van der Waals surface area contributed by atoms with E-state index in [1.54, 1.807) is 0 Å². The van der Waals surface area contributed by atoms with Crippen molar-refractivity contribution < 1.29 is 4.79 Å². The van der Waals surface area contributed by atoms with Gasteiger partial charge >= 0.3 is 0 Å². The Morgan fingerprint density at radius 3 is 2.78 bits per heavy atom. The Kier molecular flexibility index (Phi) is 3.57. The lowest BCUT2D eigenvalue weighted by Crippen LogP contribution is -2.18. The maximum Gasteiger partial charge on any atom is 0.219 e. The third-order valence-corrected chi connectivity index (χ3v) is 2.96. The molecule has 1 amide bonds. The number of aromatic nitrogens is 3. The summed E-state index contributed by atoms with van der Waals surface area (Å²) < 4.78 is 2.30. The van der Waals surface area contributed by atoms with Crippen molar-refractivity contribution in [1.29, 1.82) is 0 Å². The maximum absolute atomic E-state index is 11.0. The van der Waals surface area contributed by atoms with Crippen LogP contribution < -0.4 is 5.73 Å². The second kappa shape index (κ2) is 5.14. The van der Waals surface area contributed by atoms with Gasteiger partial charge < -0.3 is 5.73 Å². The molecule has 0 bridgehead atoms. The van der Waals surface area contributed by atoms with E-state index in [2.05, 4.69) is 10.2 Å². The number of nitrogens with one attached hydrogen (secondary N) is 1. The summed E-state index contributed by atoms with van der Waals surface area (Å²) in [4.78, 5) is 11.0. The van der Waals surface area contributed by atoms with Gasteiger partial charge in [0.05, 0.1) is 0 Å². The average molecular weight is 262 g/mol. The van der Waals surface area contributed by atoms with Gasteiger partial charge in [-0.1, -0.05) is 30.3 Å². The highest BCUT2D eigenvalue weighted by Gasteiger charge is 2.15. The molecule has 0 fully saturated rings. The minimum atomic E-state index is -0.357. The normalized spacial score (nSPS) is 12.3.